The third-order valence-corrected chi connectivity index (χ3v) is 10.2. The third kappa shape index (κ3) is 6.12. The van der Waals surface area contributed by atoms with Crippen LogP contribution in [0.5, 0.6) is 0 Å². The molecule has 0 bridgehead atoms. The van der Waals surface area contributed by atoms with Gasteiger partial charge in [-0.1, -0.05) is 46.0 Å². The number of hydrogen-bond acceptors (Lipinski definition) is 1. The topological polar surface area (TPSA) is 9.23 Å². The zero-order chi connectivity index (χ0) is 23.4. The van der Waals surface area contributed by atoms with Gasteiger partial charge in [0.25, 0.3) is 0 Å². The van der Waals surface area contributed by atoms with Crippen molar-refractivity contribution in [3.8, 4) is 0 Å². The van der Waals surface area contributed by atoms with E-state index in [0.717, 1.165) is 43.4 Å². The molecule has 1 nitrogen and oxygen atoms in total. The minimum atomic E-state index is -1.71. The second kappa shape index (κ2) is 12.1. The van der Waals surface area contributed by atoms with Gasteiger partial charge in [0.05, 0.1) is 6.10 Å². The molecule has 0 spiro atoms. The third-order valence-electron chi connectivity index (χ3n) is 10.2. The van der Waals surface area contributed by atoms with Crippen molar-refractivity contribution in [3.05, 3.63) is 0 Å². The summed E-state index contributed by atoms with van der Waals surface area (Å²) in [4.78, 5) is 0. The van der Waals surface area contributed by atoms with Gasteiger partial charge in [0.1, 0.15) is 12.3 Å². The molecule has 4 heteroatoms. The van der Waals surface area contributed by atoms with Gasteiger partial charge in [-0.3, -0.25) is 0 Å². The van der Waals surface area contributed by atoms with Crippen LogP contribution in [0, 0.1) is 41.4 Å². The van der Waals surface area contributed by atoms with E-state index in [2.05, 4.69) is 6.92 Å². The van der Waals surface area contributed by atoms with E-state index in [1.54, 1.807) is 0 Å². The first-order valence-corrected chi connectivity index (χ1v) is 14.6. The van der Waals surface area contributed by atoms with Crippen molar-refractivity contribution in [2.24, 2.45) is 41.4 Å². The molecule has 0 heterocycles. The van der Waals surface area contributed by atoms with Gasteiger partial charge in [-0.2, -0.15) is 0 Å². The lowest BCUT2D eigenvalue weighted by atomic mass is 9.63. The van der Waals surface area contributed by atoms with Crippen LogP contribution in [-0.4, -0.2) is 31.2 Å². The van der Waals surface area contributed by atoms with Crippen LogP contribution in [0.2, 0.25) is 0 Å². The predicted molar refractivity (Wildman–Crippen MR) is 129 cm³/mol. The lowest BCUT2D eigenvalue weighted by Gasteiger charge is -2.47. The Labute approximate surface area is 201 Å². The second-order valence-electron chi connectivity index (χ2n) is 12.3. The van der Waals surface area contributed by atoms with Gasteiger partial charge in [-0.05, 0) is 99.7 Å². The second-order valence-corrected chi connectivity index (χ2v) is 12.3. The summed E-state index contributed by atoms with van der Waals surface area (Å²) in [6, 6.07) is 0. The Morgan fingerprint density at radius 2 is 1.18 bits per heavy atom. The fraction of sp³-hybridized carbons (Fsp3) is 1.00. The molecule has 4 aliphatic rings. The van der Waals surface area contributed by atoms with Gasteiger partial charge >= 0.3 is 0 Å². The van der Waals surface area contributed by atoms with E-state index >= 15 is 8.78 Å². The normalized spacial score (nSPS) is 46.6. The monoisotopic (exact) mass is 470 g/mol. The zero-order valence-corrected chi connectivity index (χ0v) is 21.2. The lowest BCUT2D eigenvalue weighted by molar-refractivity contribution is -0.136. The highest BCUT2D eigenvalue weighted by Crippen LogP contribution is 2.48. The number of hydrogen-bond donors (Lipinski definition) is 0. The zero-order valence-electron chi connectivity index (χ0n) is 21.2. The molecule has 33 heavy (non-hydrogen) atoms. The smallest absolute Gasteiger partial charge is 0.157 e. The Hall–Kier alpha value is -0.250. The maximum atomic E-state index is 15.0. The predicted octanol–water partition coefficient (Wildman–Crippen LogP) is 8.65. The molecule has 0 aromatic heterocycles. The van der Waals surface area contributed by atoms with Gasteiger partial charge in [0.15, 0.2) is 6.17 Å². The van der Waals surface area contributed by atoms with Crippen LogP contribution in [0.3, 0.4) is 0 Å². The van der Waals surface area contributed by atoms with Crippen molar-refractivity contribution in [2.45, 2.75) is 135 Å². The van der Waals surface area contributed by atoms with Crippen LogP contribution in [0.25, 0.3) is 0 Å². The Balaban J connectivity index is 1.20. The standard InChI is InChI=1S/C29H49F3O/c1-3-5-19-7-11-21(12-8-19)22-13-9-20(10-14-22)18-33-25-17-24-16-15-23(6-4-2)27(30)26(24)29(32)28(25)31/h19-29H,3-18H2,1-2H3. The largest absolute Gasteiger partial charge is 0.375 e. The van der Waals surface area contributed by atoms with E-state index in [9.17, 15) is 4.39 Å². The summed E-state index contributed by atoms with van der Waals surface area (Å²) in [5.41, 5.74) is 0. The van der Waals surface area contributed by atoms with E-state index in [1.807, 2.05) is 6.92 Å². The van der Waals surface area contributed by atoms with Crippen LogP contribution in [-0.2, 0) is 4.74 Å². The van der Waals surface area contributed by atoms with Crippen LogP contribution in [0.4, 0.5) is 13.2 Å². The summed E-state index contributed by atoms with van der Waals surface area (Å²) in [7, 11) is 0. The summed E-state index contributed by atoms with van der Waals surface area (Å²) in [5, 5.41) is 0. The number of ether oxygens (including phenoxy) is 1. The van der Waals surface area contributed by atoms with E-state index in [0.29, 0.717) is 18.9 Å². The molecule has 0 radical (unpaired) electrons. The van der Waals surface area contributed by atoms with Crippen molar-refractivity contribution in [1.29, 1.82) is 0 Å². The van der Waals surface area contributed by atoms with Crippen molar-refractivity contribution >= 4 is 0 Å². The van der Waals surface area contributed by atoms with Crippen molar-refractivity contribution < 1.29 is 17.9 Å². The van der Waals surface area contributed by atoms with E-state index in [-0.39, 0.29) is 11.8 Å². The first kappa shape index (κ1) is 25.8. The maximum Gasteiger partial charge on any atom is 0.157 e. The van der Waals surface area contributed by atoms with Crippen LogP contribution < -0.4 is 0 Å². The van der Waals surface area contributed by atoms with Gasteiger partial charge in [0.2, 0.25) is 0 Å². The molecule has 0 aliphatic heterocycles. The van der Waals surface area contributed by atoms with Crippen molar-refractivity contribution in [2.75, 3.05) is 6.61 Å². The Bertz CT molecular complexity index is 567. The molecular formula is C29H49F3O. The molecule has 4 aliphatic carbocycles. The molecule has 4 rings (SSSR count). The van der Waals surface area contributed by atoms with Gasteiger partial charge < -0.3 is 4.74 Å². The molecule has 0 saturated heterocycles. The Morgan fingerprint density at radius 1 is 0.606 bits per heavy atom. The molecule has 0 aromatic carbocycles. The average Bonchev–Trinajstić information content (AvgIpc) is 2.83. The molecule has 4 saturated carbocycles. The van der Waals surface area contributed by atoms with E-state index in [1.165, 1.54) is 64.2 Å². The molecule has 0 amide bonds. The van der Waals surface area contributed by atoms with E-state index < -0.39 is 30.5 Å². The SMILES string of the molecule is CCCC1CCC(C2CCC(COC3CC4CCC(CCC)C(F)C4C(F)C3F)CC2)CC1. The summed E-state index contributed by atoms with van der Waals surface area (Å²) < 4.78 is 51.1. The van der Waals surface area contributed by atoms with Crippen molar-refractivity contribution in [1.82, 2.24) is 0 Å². The van der Waals surface area contributed by atoms with Crippen LogP contribution >= 0.6 is 0 Å². The summed E-state index contributed by atoms with van der Waals surface area (Å²) in [5.74, 6) is 2.32. The van der Waals surface area contributed by atoms with E-state index in [4.69, 9.17) is 4.74 Å². The minimum Gasteiger partial charge on any atom is -0.375 e. The molecule has 7 atom stereocenters. The summed E-state index contributed by atoms with van der Waals surface area (Å²) in [6.45, 7) is 4.90. The van der Waals surface area contributed by atoms with Gasteiger partial charge in [0, 0.05) is 12.5 Å². The fourth-order valence-corrected chi connectivity index (χ4v) is 8.19. The average molecular weight is 471 g/mol. The molecule has 0 aromatic rings. The Kier molecular flexibility index (Phi) is 9.49. The molecule has 4 fully saturated rings. The highest BCUT2D eigenvalue weighted by atomic mass is 19.2. The van der Waals surface area contributed by atoms with Crippen LogP contribution in [0.1, 0.15) is 110 Å². The number of halogens is 3. The number of rotatable bonds is 8. The molecule has 7 unspecified atom stereocenters. The lowest BCUT2D eigenvalue weighted by Crippen LogP contribution is -2.54. The van der Waals surface area contributed by atoms with Gasteiger partial charge in [-0.15, -0.1) is 0 Å². The number of fused-ring (bicyclic) bond motifs is 1. The molecular weight excluding hydrogens is 421 g/mol. The molecule has 0 N–H and O–H groups in total. The summed E-state index contributed by atoms with van der Waals surface area (Å²) >= 11 is 0. The molecule has 192 valence electrons. The highest BCUT2D eigenvalue weighted by Gasteiger charge is 2.53. The number of alkyl halides is 3. The first-order chi connectivity index (χ1) is 16.0. The quantitative estimate of drug-likeness (QED) is 0.345. The summed E-state index contributed by atoms with van der Waals surface area (Å²) in [6.07, 6.45) is 11.9. The van der Waals surface area contributed by atoms with Crippen molar-refractivity contribution in [3.63, 3.8) is 0 Å². The fourth-order valence-electron chi connectivity index (χ4n) is 8.19. The Morgan fingerprint density at radius 3 is 1.79 bits per heavy atom. The first-order valence-electron chi connectivity index (χ1n) is 14.6. The van der Waals surface area contributed by atoms with Crippen LogP contribution in [0.15, 0.2) is 0 Å². The maximum absolute atomic E-state index is 15.0. The van der Waals surface area contributed by atoms with Gasteiger partial charge in [-0.25, -0.2) is 13.2 Å². The highest BCUT2D eigenvalue weighted by molar-refractivity contribution is 5.01. The minimum absolute atomic E-state index is 0.0568.